The molecule has 0 aliphatic carbocycles. The van der Waals surface area contributed by atoms with Crippen molar-refractivity contribution in [2.24, 2.45) is 0 Å². The number of anilines is 3. The first-order valence-corrected chi connectivity index (χ1v) is 20.2. The van der Waals surface area contributed by atoms with Crippen LogP contribution in [0.2, 0.25) is 0 Å². The van der Waals surface area contributed by atoms with Crippen molar-refractivity contribution in [3.8, 4) is 39.4 Å². The lowest BCUT2D eigenvalue weighted by Crippen LogP contribution is -2.10. The van der Waals surface area contributed by atoms with Crippen LogP contribution in [0, 0.1) is 0 Å². The predicted octanol–water partition coefficient (Wildman–Crippen LogP) is 15.3. The van der Waals surface area contributed by atoms with E-state index in [1.165, 1.54) is 32.9 Å². The van der Waals surface area contributed by atoms with Crippen LogP contribution in [0.25, 0.3) is 94.2 Å². The maximum atomic E-state index is 6.43. The SMILES string of the molecule is c1ccc(-c2ccc(N(c3ccc(-c4ccc5oc6ccc7nc(-c8ccccc8)oc7c6c5c4)cc3)c3ccc4c(c3)c3ccccc3n4-c3ccccc3)cc2)cc1. The molecule has 0 amide bonds. The fourth-order valence-electron chi connectivity index (χ4n) is 8.77. The van der Waals surface area contributed by atoms with Crippen molar-refractivity contribution in [1.29, 1.82) is 0 Å². The van der Waals surface area contributed by atoms with E-state index in [-0.39, 0.29) is 0 Å². The van der Waals surface area contributed by atoms with Crippen molar-refractivity contribution in [3.05, 3.63) is 212 Å². The van der Waals surface area contributed by atoms with Gasteiger partial charge in [0.1, 0.15) is 16.7 Å². The second-order valence-corrected chi connectivity index (χ2v) is 15.2. The molecule has 0 aliphatic rings. The maximum Gasteiger partial charge on any atom is 0.227 e. The van der Waals surface area contributed by atoms with Crippen LogP contribution in [0.3, 0.4) is 0 Å². The van der Waals surface area contributed by atoms with E-state index in [2.05, 4.69) is 179 Å². The van der Waals surface area contributed by atoms with Gasteiger partial charge in [0.15, 0.2) is 5.58 Å². The van der Waals surface area contributed by atoms with Gasteiger partial charge in [-0.25, -0.2) is 4.98 Å². The van der Waals surface area contributed by atoms with Crippen LogP contribution >= 0.6 is 0 Å². The summed E-state index contributed by atoms with van der Waals surface area (Å²) in [5, 5.41) is 4.35. The first kappa shape index (κ1) is 33.9. The molecule has 0 N–H and O–H groups in total. The van der Waals surface area contributed by atoms with Crippen LogP contribution in [0.5, 0.6) is 0 Å². The zero-order valence-electron chi connectivity index (χ0n) is 32.4. The van der Waals surface area contributed by atoms with Crippen LogP contribution in [0.1, 0.15) is 0 Å². The summed E-state index contributed by atoms with van der Waals surface area (Å²) in [6.45, 7) is 0. The minimum atomic E-state index is 0.597. The zero-order valence-corrected chi connectivity index (χ0v) is 32.4. The molecule has 60 heavy (non-hydrogen) atoms. The number of hydrogen-bond acceptors (Lipinski definition) is 4. The summed E-state index contributed by atoms with van der Waals surface area (Å²) >= 11 is 0. The third-order valence-corrected chi connectivity index (χ3v) is 11.6. The Morgan fingerprint density at radius 3 is 1.68 bits per heavy atom. The van der Waals surface area contributed by atoms with Gasteiger partial charge in [-0.2, -0.15) is 0 Å². The largest absolute Gasteiger partial charge is 0.456 e. The summed E-state index contributed by atoms with van der Waals surface area (Å²) in [6, 6.07) is 74.7. The molecule has 0 atom stereocenters. The highest BCUT2D eigenvalue weighted by molar-refractivity contribution is 6.17. The molecule has 0 unspecified atom stereocenters. The van der Waals surface area contributed by atoms with Gasteiger partial charge in [-0.1, -0.05) is 115 Å². The minimum Gasteiger partial charge on any atom is -0.456 e. The number of nitrogens with zero attached hydrogens (tertiary/aromatic N) is 3. The Morgan fingerprint density at radius 2 is 0.950 bits per heavy atom. The highest BCUT2D eigenvalue weighted by Gasteiger charge is 2.20. The number of hydrogen-bond donors (Lipinski definition) is 0. The van der Waals surface area contributed by atoms with Crippen molar-refractivity contribution >= 4 is 71.9 Å². The van der Waals surface area contributed by atoms with Crippen LogP contribution in [0.15, 0.2) is 221 Å². The second-order valence-electron chi connectivity index (χ2n) is 15.2. The van der Waals surface area contributed by atoms with Crippen molar-refractivity contribution in [1.82, 2.24) is 9.55 Å². The van der Waals surface area contributed by atoms with E-state index < -0.39 is 0 Å². The number of rotatable bonds is 7. The summed E-state index contributed by atoms with van der Waals surface area (Å²) in [5.41, 5.74) is 15.3. The second kappa shape index (κ2) is 13.8. The molecular weight excluding hydrogens is 735 g/mol. The Balaban J connectivity index is 0.971. The smallest absolute Gasteiger partial charge is 0.227 e. The molecule has 3 aromatic heterocycles. The van der Waals surface area contributed by atoms with Gasteiger partial charge >= 0.3 is 0 Å². The molecule has 0 saturated carbocycles. The average molecular weight is 770 g/mol. The molecular formula is C55H35N3O2. The molecule has 5 heteroatoms. The summed E-state index contributed by atoms with van der Waals surface area (Å²) < 4.78 is 15.1. The average Bonchev–Trinajstić information content (AvgIpc) is 4.02. The molecule has 0 radical (unpaired) electrons. The van der Waals surface area contributed by atoms with Gasteiger partial charge in [-0.15, -0.1) is 0 Å². The summed E-state index contributed by atoms with van der Waals surface area (Å²) in [4.78, 5) is 7.18. The normalized spacial score (nSPS) is 11.7. The van der Waals surface area contributed by atoms with Gasteiger partial charge in [0.25, 0.3) is 0 Å². The number of para-hydroxylation sites is 2. The van der Waals surface area contributed by atoms with Gasteiger partial charge in [0.2, 0.25) is 5.89 Å². The molecule has 0 saturated heterocycles. The van der Waals surface area contributed by atoms with Crippen molar-refractivity contribution in [3.63, 3.8) is 0 Å². The first-order valence-electron chi connectivity index (χ1n) is 20.2. The van der Waals surface area contributed by atoms with Crippen LogP contribution in [0.4, 0.5) is 17.1 Å². The van der Waals surface area contributed by atoms with Gasteiger partial charge in [-0.05, 0) is 119 Å². The molecule has 0 spiro atoms. The Hall–Kier alpha value is -8.15. The lowest BCUT2D eigenvalue weighted by atomic mass is 10.0. The lowest BCUT2D eigenvalue weighted by Gasteiger charge is -2.26. The molecule has 12 aromatic rings. The zero-order chi connectivity index (χ0) is 39.6. The van der Waals surface area contributed by atoms with Crippen LogP contribution < -0.4 is 4.90 Å². The molecule has 0 bridgehead atoms. The van der Waals surface area contributed by atoms with Gasteiger partial charge in [-0.3, -0.25) is 0 Å². The third kappa shape index (κ3) is 5.59. The standard InChI is InChI=1S/C55H35N3O2/c1-4-12-36(13-5-1)37-20-25-42(26-21-37)57(44-29-31-50-46(35-44)45-18-10-11-19-49(45)58(50)41-16-8-3-9-17-41)43-27-22-38(23-28-43)40-24-32-51-47(34-40)53-52(59-51)33-30-48-54(53)60-55(56-48)39-14-6-2-7-15-39/h1-35H. The van der Waals surface area contributed by atoms with E-state index in [9.17, 15) is 0 Å². The Morgan fingerprint density at radius 1 is 0.383 bits per heavy atom. The molecule has 12 rings (SSSR count). The van der Waals surface area contributed by atoms with Gasteiger partial charge < -0.3 is 18.3 Å². The van der Waals surface area contributed by atoms with Crippen molar-refractivity contribution < 1.29 is 8.83 Å². The summed E-state index contributed by atoms with van der Waals surface area (Å²) in [5.74, 6) is 0.597. The van der Waals surface area contributed by atoms with E-state index in [1.54, 1.807) is 0 Å². The van der Waals surface area contributed by atoms with Gasteiger partial charge in [0, 0.05) is 44.5 Å². The van der Waals surface area contributed by atoms with E-state index in [0.29, 0.717) is 5.89 Å². The number of benzene rings is 9. The third-order valence-electron chi connectivity index (χ3n) is 11.6. The highest BCUT2D eigenvalue weighted by atomic mass is 16.4. The summed E-state index contributed by atoms with van der Waals surface area (Å²) in [6.07, 6.45) is 0. The van der Waals surface area contributed by atoms with E-state index in [0.717, 1.165) is 72.5 Å². The van der Waals surface area contributed by atoms with Crippen LogP contribution in [-0.4, -0.2) is 9.55 Å². The topological polar surface area (TPSA) is 47.3 Å². The Labute approximate surface area is 345 Å². The van der Waals surface area contributed by atoms with Crippen molar-refractivity contribution in [2.45, 2.75) is 0 Å². The van der Waals surface area contributed by atoms with E-state index in [1.807, 2.05) is 42.5 Å². The highest BCUT2D eigenvalue weighted by Crippen LogP contribution is 2.42. The van der Waals surface area contributed by atoms with E-state index >= 15 is 0 Å². The van der Waals surface area contributed by atoms with E-state index in [4.69, 9.17) is 13.8 Å². The number of furan rings is 1. The molecule has 3 heterocycles. The fourth-order valence-corrected chi connectivity index (χ4v) is 8.77. The fraction of sp³-hybridized carbons (Fsp3) is 0. The molecule has 282 valence electrons. The Bertz CT molecular complexity index is 3510. The molecule has 0 fully saturated rings. The number of fused-ring (bicyclic) bond motifs is 8. The quantitative estimate of drug-likeness (QED) is 0.162. The number of oxazole rings is 1. The summed E-state index contributed by atoms with van der Waals surface area (Å²) in [7, 11) is 0. The monoisotopic (exact) mass is 769 g/mol. The lowest BCUT2D eigenvalue weighted by molar-refractivity contribution is 0.622. The minimum absolute atomic E-state index is 0.597. The van der Waals surface area contributed by atoms with Crippen molar-refractivity contribution in [2.75, 3.05) is 4.90 Å². The maximum absolute atomic E-state index is 6.43. The molecule has 5 nitrogen and oxygen atoms in total. The van der Waals surface area contributed by atoms with Crippen LogP contribution in [-0.2, 0) is 0 Å². The number of aromatic nitrogens is 2. The predicted molar refractivity (Wildman–Crippen MR) is 247 cm³/mol. The molecule has 0 aliphatic heterocycles. The molecule has 9 aromatic carbocycles. The van der Waals surface area contributed by atoms with Gasteiger partial charge in [0.05, 0.1) is 16.4 Å². The Kier molecular flexibility index (Phi) is 7.78. The first-order chi connectivity index (χ1) is 29.7.